The average molecular weight is 396 g/mol. The van der Waals surface area contributed by atoms with Gasteiger partial charge in [-0.1, -0.05) is 48.5 Å². The van der Waals surface area contributed by atoms with Gasteiger partial charge in [-0.05, 0) is 40.1 Å². The van der Waals surface area contributed by atoms with E-state index in [-0.39, 0.29) is 0 Å². The Bertz CT molecular complexity index is 955. The topological polar surface area (TPSA) is 99.4 Å². The fraction of sp³-hybridized carbons (Fsp3) is 0.304. The van der Waals surface area contributed by atoms with Crippen molar-refractivity contribution in [1.29, 1.82) is 0 Å². The number of fused-ring (bicyclic) bond motifs is 1. The molecule has 1 fully saturated rings. The summed E-state index contributed by atoms with van der Waals surface area (Å²) in [5.41, 5.74) is 1.68. The minimum Gasteiger partial charge on any atom is -0.489 e. The van der Waals surface area contributed by atoms with Crippen LogP contribution in [0.25, 0.3) is 10.8 Å². The van der Waals surface area contributed by atoms with Crippen LogP contribution in [0.15, 0.2) is 66.7 Å². The highest BCUT2D eigenvalue weighted by molar-refractivity contribution is 5.82. The summed E-state index contributed by atoms with van der Waals surface area (Å²) in [6.45, 7) is -0.0291. The van der Waals surface area contributed by atoms with Crippen molar-refractivity contribution in [2.75, 3.05) is 6.61 Å². The van der Waals surface area contributed by atoms with Gasteiger partial charge in [0.1, 0.15) is 42.9 Å². The highest BCUT2D eigenvalue weighted by atomic mass is 16.5. The number of benzene rings is 3. The van der Waals surface area contributed by atoms with Gasteiger partial charge in [0.15, 0.2) is 0 Å². The molecule has 3 aromatic carbocycles. The lowest BCUT2D eigenvalue weighted by Crippen LogP contribution is -2.55. The maximum absolute atomic E-state index is 10.2. The normalized spacial score (nSPS) is 27.1. The SMILES string of the molecule is OC[C@H]1OC(c2ccc(OCc3ccc4ccccc4c3)cc2)[C@@H](O)[C@@H](O)C1O. The fourth-order valence-electron chi connectivity index (χ4n) is 3.63. The molecule has 0 saturated carbocycles. The van der Waals surface area contributed by atoms with Crippen molar-refractivity contribution in [3.8, 4) is 5.75 Å². The Balaban J connectivity index is 1.43. The van der Waals surface area contributed by atoms with E-state index in [0.29, 0.717) is 17.9 Å². The van der Waals surface area contributed by atoms with Crippen LogP contribution < -0.4 is 4.74 Å². The minimum absolute atomic E-state index is 0.421. The second-order valence-electron chi connectivity index (χ2n) is 7.29. The lowest BCUT2D eigenvalue weighted by Gasteiger charge is -2.40. The first-order valence-corrected chi connectivity index (χ1v) is 9.58. The maximum atomic E-state index is 10.2. The predicted molar refractivity (Wildman–Crippen MR) is 107 cm³/mol. The first-order chi connectivity index (χ1) is 14.1. The van der Waals surface area contributed by atoms with Gasteiger partial charge < -0.3 is 29.9 Å². The molecule has 1 heterocycles. The van der Waals surface area contributed by atoms with Crippen LogP contribution in [0.1, 0.15) is 17.2 Å². The third-order valence-corrected chi connectivity index (χ3v) is 5.32. The van der Waals surface area contributed by atoms with Gasteiger partial charge in [0.25, 0.3) is 0 Å². The van der Waals surface area contributed by atoms with Crippen LogP contribution in [0, 0.1) is 0 Å². The molecule has 2 unspecified atom stereocenters. The fourth-order valence-corrected chi connectivity index (χ4v) is 3.63. The van der Waals surface area contributed by atoms with Crippen LogP contribution in [0.5, 0.6) is 5.75 Å². The Morgan fingerprint density at radius 3 is 2.24 bits per heavy atom. The molecular weight excluding hydrogens is 372 g/mol. The van der Waals surface area contributed by atoms with Crippen molar-refractivity contribution in [3.05, 3.63) is 77.9 Å². The number of ether oxygens (including phenoxy) is 2. The molecule has 6 heteroatoms. The lowest BCUT2D eigenvalue weighted by atomic mass is 9.91. The molecular formula is C23H24O6. The van der Waals surface area contributed by atoms with Crippen molar-refractivity contribution < 1.29 is 29.9 Å². The summed E-state index contributed by atoms with van der Waals surface area (Å²) in [5, 5.41) is 41.7. The predicted octanol–water partition coefficient (Wildman–Crippen LogP) is 1.93. The molecule has 6 nitrogen and oxygen atoms in total. The largest absolute Gasteiger partial charge is 0.489 e. The number of rotatable bonds is 5. The van der Waals surface area contributed by atoms with Crippen LogP contribution in [0.3, 0.4) is 0 Å². The molecule has 0 aromatic heterocycles. The van der Waals surface area contributed by atoms with E-state index in [1.807, 2.05) is 18.2 Å². The van der Waals surface area contributed by atoms with Gasteiger partial charge in [-0.15, -0.1) is 0 Å². The van der Waals surface area contributed by atoms with Crippen molar-refractivity contribution in [3.63, 3.8) is 0 Å². The molecule has 1 aliphatic heterocycles. The molecule has 4 N–H and O–H groups in total. The van der Waals surface area contributed by atoms with Crippen molar-refractivity contribution in [2.24, 2.45) is 0 Å². The number of hydrogen-bond acceptors (Lipinski definition) is 6. The summed E-state index contributed by atoms with van der Waals surface area (Å²) in [6.07, 6.45) is -5.83. The smallest absolute Gasteiger partial charge is 0.119 e. The Labute approximate surface area is 168 Å². The standard InChI is InChI=1S/C23H24O6/c24-12-19-20(25)21(26)22(27)23(29-19)16-7-9-18(10-8-16)28-13-14-5-6-15-3-1-2-4-17(15)11-14/h1-11,19-27H,12-13H2/t19-,20?,21+,22+,23?/m1/s1. The summed E-state index contributed by atoms with van der Waals surface area (Å²) in [7, 11) is 0. The Morgan fingerprint density at radius 2 is 1.52 bits per heavy atom. The zero-order valence-corrected chi connectivity index (χ0v) is 15.8. The summed E-state index contributed by atoms with van der Waals surface area (Å²) in [6, 6.07) is 21.3. The van der Waals surface area contributed by atoms with Crippen molar-refractivity contribution in [2.45, 2.75) is 37.1 Å². The first kappa shape index (κ1) is 19.8. The van der Waals surface area contributed by atoms with Gasteiger partial charge in [0.2, 0.25) is 0 Å². The van der Waals surface area contributed by atoms with Gasteiger partial charge in [-0.3, -0.25) is 0 Å². The van der Waals surface area contributed by atoms with E-state index < -0.39 is 37.1 Å². The Hall–Kier alpha value is -2.48. The van der Waals surface area contributed by atoms with E-state index in [0.717, 1.165) is 10.9 Å². The number of aliphatic hydroxyl groups is 4. The van der Waals surface area contributed by atoms with Gasteiger partial charge in [-0.25, -0.2) is 0 Å². The van der Waals surface area contributed by atoms with Gasteiger partial charge >= 0.3 is 0 Å². The van der Waals surface area contributed by atoms with Crippen LogP contribution in [0.2, 0.25) is 0 Å². The van der Waals surface area contributed by atoms with Gasteiger partial charge in [0, 0.05) is 0 Å². The van der Waals surface area contributed by atoms with E-state index in [4.69, 9.17) is 9.47 Å². The summed E-state index contributed by atoms with van der Waals surface area (Å²) in [4.78, 5) is 0. The molecule has 0 spiro atoms. The quantitative estimate of drug-likeness (QED) is 0.526. The van der Waals surface area contributed by atoms with Crippen LogP contribution in [-0.2, 0) is 11.3 Å². The van der Waals surface area contributed by atoms with E-state index >= 15 is 0 Å². The third-order valence-electron chi connectivity index (χ3n) is 5.32. The van der Waals surface area contributed by atoms with E-state index in [1.165, 1.54) is 5.39 Å². The lowest BCUT2D eigenvalue weighted by molar-refractivity contribution is -0.231. The summed E-state index contributed by atoms with van der Waals surface area (Å²) >= 11 is 0. The first-order valence-electron chi connectivity index (χ1n) is 9.58. The highest BCUT2D eigenvalue weighted by Crippen LogP contribution is 2.33. The number of aliphatic hydroxyl groups excluding tert-OH is 4. The Kier molecular flexibility index (Phi) is 5.80. The molecule has 0 amide bonds. The molecule has 152 valence electrons. The zero-order chi connectivity index (χ0) is 20.4. The molecule has 0 radical (unpaired) electrons. The molecule has 3 aromatic rings. The van der Waals surface area contributed by atoms with Crippen molar-refractivity contribution in [1.82, 2.24) is 0 Å². The second kappa shape index (κ2) is 8.49. The van der Waals surface area contributed by atoms with Crippen LogP contribution in [-0.4, -0.2) is 51.4 Å². The van der Waals surface area contributed by atoms with Crippen molar-refractivity contribution >= 4 is 10.8 Å². The van der Waals surface area contributed by atoms with Gasteiger partial charge in [-0.2, -0.15) is 0 Å². The van der Waals surface area contributed by atoms with E-state index in [1.54, 1.807) is 24.3 Å². The Morgan fingerprint density at radius 1 is 0.793 bits per heavy atom. The minimum atomic E-state index is -1.39. The molecule has 4 rings (SSSR count). The molecule has 29 heavy (non-hydrogen) atoms. The van der Waals surface area contributed by atoms with E-state index in [2.05, 4.69) is 24.3 Å². The number of hydrogen-bond donors (Lipinski definition) is 4. The molecule has 0 aliphatic carbocycles. The molecule has 1 saturated heterocycles. The average Bonchev–Trinajstić information content (AvgIpc) is 2.77. The van der Waals surface area contributed by atoms with Crippen LogP contribution >= 0.6 is 0 Å². The third kappa shape index (κ3) is 4.12. The molecule has 1 aliphatic rings. The molecule has 5 atom stereocenters. The summed E-state index contributed by atoms with van der Waals surface area (Å²) in [5.74, 6) is 0.659. The monoisotopic (exact) mass is 396 g/mol. The highest BCUT2D eigenvalue weighted by Gasteiger charge is 2.43. The second-order valence-corrected chi connectivity index (χ2v) is 7.29. The zero-order valence-electron chi connectivity index (χ0n) is 15.8. The van der Waals surface area contributed by atoms with Gasteiger partial charge in [0.05, 0.1) is 6.61 Å². The molecule has 0 bridgehead atoms. The maximum Gasteiger partial charge on any atom is 0.119 e. The van der Waals surface area contributed by atoms with Crippen LogP contribution in [0.4, 0.5) is 0 Å². The van der Waals surface area contributed by atoms with E-state index in [9.17, 15) is 20.4 Å². The summed E-state index contributed by atoms with van der Waals surface area (Å²) < 4.78 is 11.4.